The molecule has 21 heavy (non-hydrogen) atoms. The second-order valence-corrected chi connectivity index (χ2v) is 6.67. The molecule has 2 rings (SSSR count). The van der Waals surface area contributed by atoms with Crippen LogP contribution in [0.5, 0.6) is 0 Å². The van der Waals surface area contributed by atoms with E-state index in [0.29, 0.717) is 10.2 Å². The minimum absolute atomic E-state index is 0.0260. The number of hydrogen-bond donors (Lipinski definition) is 2. The topological polar surface area (TPSA) is 76.7 Å². The van der Waals surface area contributed by atoms with Crippen molar-refractivity contribution in [3.63, 3.8) is 0 Å². The lowest BCUT2D eigenvalue weighted by molar-refractivity contribution is 0.534. The Morgan fingerprint density at radius 1 is 1.43 bits per heavy atom. The zero-order valence-electron chi connectivity index (χ0n) is 12.3. The number of aromatic nitrogens is 3. The molecule has 0 fully saturated rings. The first-order valence-electron chi connectivity index (χ1n) is 6.78. The van der Waals surface area contributed by atoms with Crippen LogP contribution in [-0.4, -0.2) is 20.8 Å². The summed E-state index contributed by atoms with van der Waals surface area (Å²) in [6.07, 6.45) is 0.721. The van der Waals surface area contributed by atoms with Gasteiger partial charge in [-0.15, -0.1) is 5.10 Å². The number of H-pyrrole nitrogens is 1. The summed E-state index contributed by atoms with van der Waals surface area (Å²) >= 11 is 7.71. The highest BCUT2D eigenvalue weighted by atomic mass is 35.5. The van der Waals surface area contributed by atoms with Gasteiger partial charge in [-0.3, -0.25) is 4.57 Å². The van der Waals surface area contributed by atoms with Crippen molar-refractivity contribution in [1.29, 1.82) is 0 Å². The van der Waals surface area contributed by atoms with E-state index in [1.807, 2.05) is 39.0 Å². The lowest BCUT2D eigenvalue weighted by Crippen LogP contribution is -2.19. The fourth-order valence-electron chi connectivity index (χ4n) is 2.08. The van der Waals surface area contributed by atoms with E-state index in [9.17, 15) is 4.79 Å². The third-order valence-corrected chi connectivity index (χ3v) is 4.56. The molecule has 7 heteroatoms. The molecule has 5 nitrogen and oxygen atoms in total. The van der Waals surface area contributed by atoms with Gasteiger partial charge in [0.25, 0.3) is 0 Å². The Kier molecular flexibility index (Phi) is 5.13. The molecule has 0 aliphatic rings. The molecular formula is C14H19ClN4OS. The van der Waals surface area contributed by atoms with Gasteiger partial charge in [-0.05, 0) is 50.6 Å². The number of benzene rings is 1. The largest absolute Gasteiger partial charge is 0.344 e. The molecule has 0 spiro atoms. The molecular weight excluding hydrogens is 308 g/mol. The highest BCUT2D eigenvalue weighted by Gasteiger charge is 2.17. The number of nitrogens with one attached hydrogen (secondary N) is 1. The van der Waals surface area contributed by atoms with Gasteiger partial charge in [-0.1, -0.05) is 23.7 Å². The fraction of sp³-hybridized carbons (Fsp3) is 0.429. The van der Waals surface area contributed by atoms with Crippen molar-refractivity contribution in [2.24, 2.45) is 5.73 Å². The lowest BCUT2D eigenvalue weighted by Gasteiger charge is -2.14. The molecule has 0 radical (unpaired) electrons. The van der Waals surface area contributed by atoms with E-state index < -0.39 is 0 Å². The predicted molar refractivity (Wildman–Crippen MR) is 86.2 cm³/mol. The van der Waals surface area contributed by atoms with Crippen LogP contribution >= 0.6 is 23.4 Å². The smallest absolute Gasteiger partial charge is 0.328 e. The van der Waals surface area contributed by atoms with Crippen LogP contribution < -0.4 is 11.4 Å². The van der Waals surface area contributed by atoms with Crippen LogP contribution in [0.2, 0.25) is 5.02 Å². The normalized spacial score (nSPS) is 12.9. The predicted octanol–water partition coefficient (Wildman–Crippen LogP) is 2.85. The Morgan fingerprint density at radius 2 is 2.14 bits per heavy atom. The number of hydrogen-bond acceptors (Lipinski definition) is 4. The number of halogens is 1. The van der Waals surface area contributed by atoms with Crippen molar-refractivity contribution in [2.75, 3.05) is 0 Å². The Labute approximate surface area is 132 Å². The number of nitrogens with two attached hydrogens (primary N) is 1. The molecule has 0 aliphatic carbocycles. The van der Waals surface area contributed by atoms with E-state index >= 15 is 0 Å². The summed E-state index contributed by atoms with van der Waals surface area (Å²) in [5.41, 5.74) is 6.74. The van der Waals surface area contributed by atoms with Crippen molar-refractivity contribution >= 4 is 23.4 Å². The SMILES string of the molecule is CC(N)Cc1cccc(Cl)c1Sc1n[nH]c(=O)n1C(C)C. The van der Waals surface area contributed by atoms with Crippen molar-refractivity contribution in [2.45, 2.75) is 49.3 Å². The van der Waals surface area contributed by atoms with Crippen molar-refractivity contribution < 1.29 is 0 Å². The Balaban J connectivity index is 2.42. The monoisotopic (exact) mass is 326 g/mol. The summed E-state index contributed by atoms with van der Waals surface area (Å²) < 4.78 is 1.61. The molecule has 0 aliphatic heterocycles. The van der Waals surface area contributed by atoms with Crippen molar-refractivity contribution in [3.8, 4) is 0 Å². The third-order valence-electron chi connectivity index (χ3n) is 2.97. The Hall–Kier alpha value is -1.24. The summed E-state index contributed by atoms with van der Waals surface area (Å²) in [6.45, 7) is 5.83. The summed E-state index contributed by atoms with van der Waals surface area (Å²) in [7, 11) is 0. The van der Waals surface area contributed by atoms with Gasteiger partial charge in [0.1, 0.15) is 0 Å². The third kappa shape index (κ3) is 3.70. The van der Waals surface area contributed by atoms with E-state index in [1.165, 1.54) is 11.8 Å². The molecule has 2 aromatic rings. The Morgan fingerprint density at radius 3 is 2.76 bits per heavy atom. The highest BCUT2D eigenvalue weighted by molar-refractivity contribution is 7.99. The van der Waals surface area contributed by atoms with Crippen LogP contribution in [0, 0.1) is 0 Å². The second-order valence-electron chi connectivity index (χ2n) is 5.29. The summed E-state index contributed by atoms with van der Waals surface area (Å²) in [5.74, 6) is 0. The van der Waals surface area contributed by atoms with Gasteiger partial charge in [-0.25, -0.2) is 9.89 Å². The van der Waals surface area contributed by atoms with Gasteiger partial charge in [0, 0.05) is 17.0 Å². The van der Waals surface area contributed by atoms with Crippen LogP contribution in [0.1, 0.15) is 32.4 Å². The van der Waals surface area contributed by atoms with Gasteiger partial charge in [-0.2, -0.15) is 0 Å². The minimum Gasteiger partial charge on any atom is -0.328 e. The highest BCUT2D eigenvalue weighted by Crippen LogP contribution is 2.35. The van der Waals surface area contributed by atoms with Crippen LogP contribution in [0.3, 0.4) is 0 Å². The van der Waals surface area contributed by atoms with Gasteiger partial charge in [0.05, 0.1) is 5.02 Å². The van der Waals surface area contributed by atoms with Crippen LogP contribution in [0.25, 0.3) is 0 Å². The molecule has 114 valence electrons. The first-order valence-corrected chi connectivity index (χ1v) is 7.97. The van der Waals surface area contributed by atoms with E-state index in [4.69, 9.17) is 17.3 Å². The van der Waals surface area contributed by atoms with Crippen LogP contribution in [0.15, 0.2) is 33.0 Å². The average Bonchev–Trinajstić information content (AvgIpc) is 2.74. The number of rotatable bonds is 5. The van der Waals surface area contributed by atoms with E-state index in [1.54, 1.807) is 4.57 Å². The lowest BCUT2D eigenvalue weighted by atomic mass is 10.1. The molecule has 0 amide bonds. The molecule has 1 aromatic carbocycles. The van der Waals surface area contributed by atoms with Gasteiger partial charge in [0.2, 0.25) is 0 Å². The average molecular weight is 327 g/mol. The van der Waals surface area contributed by atoms with Crippen LogP contribution in [0.4, 0.5) is 0 Å². The first kappa shape index (κ1) is 16.1. The standard InChI is InChI=1S/C14H19ClN4OS/c1-8(2)19-13(20)17-18-14(19)21-12-10(7-9(3)16)5-4-6-11(12)15/h4-6,8-9H,7,16H2,1-3H3,(H,17,20). The summed E-state index contributed by atoms with van der Waals surface area (Å²) in [6, 6.07) is 5.80. The molecule has 3 N–H and O–H groups in total. The molecule has 1 heterocycles. The zero-order valence-corrected chi connectivity index (χ0v) is 13.8. The van der Waals surface area contributed by atoms with E-state index in [2.05, 4.69) is 10.2 Å². The number of aromatic amines is 1. The van der Waals surface area contributed by atoms with Crippen LogP contribution in [-0.2, 0) is 6.42 Å². The first-order chi connectivity index (χ1) is 9.90. The number of nitrogens with zero attached hydrogens (tertiary/aromatic N) is 2. The molecule has 1 aromatic heterocycles. The molecule has 0 bridgehead atoms. The van der Waals surface area contributed by atoms with Crippen molar-refractivity contribution in [3.05, 3.63) is 39.3 Å². The zero-order chi connectivity index (χ0) is 15.6. The van der Waals surface area contributed by atoms with Gasteiger partial charge in [0.15, 0.2) is 5.16 Å². The van der Waals surface area contributed by atoms with E-state index in [0.717, 1.165) is 16.9 Å². The second kappa shape index (κ2) is 6.68. The molecule has 1 atom stereocenters. The Bertz CT molecular complexity index is 678. The molecule has 0 saturated heterocycles. The van der Waals surface area contributed by atoms with E-state index in [-0.39, 0.29) is 17.8 Å². The summed E-state index contributed by atoms with van der Waals surface area (Å²) in [5, 5.41) is 7.83. The maximum Gasteiger partial charge on any atom is 0.344 e. The minimum atomic E-state index is -0.215. The van der Waals surface area contributed by atoms with Gasteiger partial charge < -0.3 is 5.73 Å². The maximum atomic E-state index is 11.8. The van der Waals surface area contributed by atoms with Gasteiger partial charge >= 0.3 is 5.69 Å². The van der Waals surface area contributed by atoms with Crippen molar-refractivity contribution in [1.82, 2.24) is 14.8 Å². The molecule has 1 unspecified atom stereocenters. The fourth-order valence-corrected chi connectivity index (χ4v) is 3.51. The summed E-state index contributed by atoms with van der Waals surface area (Å²) in [4.78, 5) is 12.7. The maximum absolute atomic E-state index is 11.8. The molecule has 0 saturated carbocycles. The quantitative estimate of drug-likeness (QED) is 0.885.